The summed E-state index contributed by atoms with van der Waals surface area (Å²) < 4.78 is 1.85. The minimum Gasteiger partial charge on any atom is -0.313 e. The molecule has 0 unspecified atom stereocenters. The molecule has 0 saturated heterocycles. The van der Waals surface area contributed by atoms with Crippen LogP contribution in [-0.4, -0.2) is 16.3 Å². The minimum atomic E-state index is 0.795. The summed E-state index contributed by atoms with van der Waals surface area (Å²) in [5.74, 6) is 0. The molecule has 1 aromatic carbocycles. The number of hydrogen-bond donors (Lipinski definition) is 1. The van der Waals surface area contributed by atoms with Crippen LogP contribution in [0.5, 0.6) is 0 Å². The number of nitrogens with one attached hydrogen (secondary N) is 1. The summed E-state index contributed by atoms with van der Waals surface area (Å²) in [6.45, 7) is 6.17. The highest BCUT2D eigenvalue weighted by Gasteiger charge is 2.11. The molecule has 1 heterocycles. The molecule has 1 N–H and O–H groups in total. The van der Waals surface area contributed by atoms with Gasteiger partial charge in [-0.25, -0.2) is 0 Å². The summed E-state index contributed by atoms with van der Waals surface area (Å²) in [5.41, 5.74) is 4.50. The molecule has 0 fully saturated rings. The third-order valence-electron chi connectivity index (χ3n) is 3.32. The van der Waals surface area contributed by atoms with E-state index >= 15 is 0 Å². The van der Waals surface area contributed by atoms with Crippen LogP contribution in [0.3, 0.4) is 0 Å². The van der Waals surface area contributed by atoms with Crippen LogP contribution in [0.4, 0.5) is 0 Å². The number of rotatable bonds is 6. The highest BCUT2D eigenvalue weighted by atomic mass is 35.5. The van der Waals surface area contributed by atoms with Gasteiger partial charge in [0.2, 0.25) is 0 Å². The van der Waals surface area contributed by atoms with Crippen molar-refractivity contribution in [1.82, 2.24) is 15.1 Å². The molecule has 0 aliphatic carbocycles. The van der Waals surface area contributed by atoms with Gasteiger partial charge in [0.25, 0.3) is 0 Å². The van der Waals surface area contributed by atoms with Gasteiger partial charge in [-0.15, -0.1) is 0 Å². The molecular formula is C16H22ClN3. The Morgan fingerprint density at radius 1 is 1.25 bits per heavy atom. The maximum Gasteiger partial charge on any atom is 0.0700 e. The van der Waals surface area contributed by atoms with Gasteiger partial charge in [0.15, 0.2) is 0 Å². The van der Waals surface area contributed by atoms with Crippen LogP contribution in [-0.2, 0) is 20.0 Å². The quantitative estimate of drug-likeness (QED) is 0.821. The van der Waals surface area contributed by atoms with Crippen molar-refractivity contribution >= 4 is 11.6 Å². The molecule has 0 atom stereocenters. The first-order valence-corrected chi connectivity index (χ1v) is 7.55. The zero-order chi connectivity index (χ0) is 14.5. The summed E-state index contributed by atoms with van der Waals surface area (Å²) in [5, 5.41) is 8.66. The molecule has 3 nitrogen and oxygen atoms in total. The Balaban J connectivity index is 2.24. The topological polar surface area (TPSA) is 29.9 Å². The highest BCUT2D eigenvalue weighted by molar-refractivity contribution is 6.33. The number of aromatic nitrogens is 2. The fourth-order valence-corrected chi connectivity index (χ4v) is 2.62. The molecule has 2 aromatic rings. The van der Waals surface area contributed by atoms with Crippen LogP contribution in [0, 0.1) is 0 Å². The van der Waals surface area contributed by atoms with E-state index in [1.165, 1.54) is 5.56 Å². The third-order valence-corrected chi connectivity index (χ3v) is 3.63. The first-order valence-electron chi connectivity index (χ1n) is 7.17. The van der Waals surface area contributed by atoms with E-state index in [0.717, 1.165) is 47.8 Å². The van der Waals surface area contributed by atoms with E-state index in [2.05, 4.69) is 36.4 Å². The van der Waals surface area contributed by atoms with Crippen LogP contribution in [0.25, 0.3) is 11.1 Å². The van der Waals surface area contributed by atoms with Crippen molar-refractivity contribution in [2.75, 3.05) is 6.54 Å². The highest BCUT2D eigenvalue weighted by Crippen LogP contribution is 2.31. The molecule has 2 rings (SSSR count). The predicted molar refractivity (Wildman–Crippen MR) is 85.0 cm³/mol. The number of benzene rings is 1. The van der Waals surface area contributed by atoms with Crippen LogP contribution < -0.4 is 5.32 Å². The molecule has 0 saturated carbocycles. The normalized spacial score (nSPS) is 11.0. The van der Waals surface area contributed by atoms with E-state index in [-0.39, 0.29) is 0 Å². The van der Waals surface area contributed by atoms with Crippen LogP contribution >= 0.6 is 11.6 Å². The van der Waals surface area contributed by atoms with Gasteiger partial charge in [0.1, 0.15) is 0 Å². The Morgan fingerprint density at radius 2 is 2.05 bits per heavy atom. The fraction of sp³-hybridized carbons (Fsp3) is 0.438. The molecule has 0 bridgehead atoms. The lowest BCUT2D eigenvalue weighted by atomic mass is 10.0. The van der Waals surface area contributed by atoms with E-state index in [1.807, 2.05) is 24.0 Å². The molecule has 4 heteroatoms. The Hall–Kier alpha value is -1.32. The molecular weight excluding hydrogens is 270 g/mol. The Bertz CT molecular complexity index is 575. The second kappa shape index (κ2) is 6.91. The van der Waals surface area contributed by atoms with Gasteiger partial charge >= 0.3 is 0 Å². The molecule has 0 spiro atoms. The summed E-state index contributed by atoms with van der Waals surface area (Å²) in [7, 11) is 1.94. The van der Waals surface area contributed by atoms with Gasteiger partial charge in [0.05, 0.1) is 5.69 Å². The molecule has 0 amide bonds. The SMILES string of the molecule is CCCNCc1ccc(-c2cn(C)nc2CC)c(Cl)c1. The second-order valence-electron chi connectivity index (χ2n) is 5.01. The van der Waals surface area contributed by atoms with Crippen molar-refractivity contribution in [1.29, 1.82) is 0 Å². The number of nitrogens with zero attached hydrogens (tertiary/aromatic N) is 2. The summed E-state index contributed by atoms with van der Waals surface area (Å²) >= 11 is 6.45. The Kier molecular flexibility index (Phi) is 5.21. The summed E-state index contributed by atoms with van der Waals surface area (Å²) in [4.78, 5) is 0. The summed E-state index contributed by atoms with van der Waals surface area (Å²) in [6, 6.07) is 6.28. The minimum absolute atomic E-state index is 0.795. The van der Waals surface area contributed by atoms with Gasteiger partial charge in [0, 0.05) is 35.9 Å². The van der Waals surface area contributed by atoms with Crippen LogP contribution in [0.15, 0.2) is 24.4 Å². The molecule has 1 aromatic heterocycles. The third kappa shape index (κ3) is 3.41. The average molecular weight is 292 g/mol. The zero-order valence-electron chi connectivity index (χ0n) is 12.4. The van der Waals surface area contributed by atoms with Crippen molar-refractivity contribution in [2.45, 2.75) is 33.2 Å². The smallest absolute Gasteiger partial charge is 0.0700 e. The van der Waals surface area contributed by atoms with Gasteiger partial charge in [-0.3, -0.25) is 4.68 Å². The second-order valence-corrected chi connectivity index (χ2v) is 5.41. The first-order chi connectivity index (χ1) is 9.65. The predicted octanol–water partition coefficient (Wildman–Crippen LogP) is 3.80. The average Bonchev–Trinajstić information content (AvgIpc) is 2.80. The molecule has 108 valence electrons. The maximum absolute atomic E-state index is 6.45. The Labute approximate surface area is 126 Å². The van der Waals surface area contributed by atoms with E-state index in [4.69, 9.17) is 11.6 Å². The summed E-state index contributed by atoms with van der Waals surface area (Å²) in [6.07, 6.45) is 4.09. The lowest BCUT2D eigenvalue weighted by Crippen LogP contribution is -2.13. The van der Waals surface area contributed by atoms with Crippen molar-refractivity contribution in [3.8, 4) is 11.1 Å². The molecule has 0 aliphatic heterocycles. The molecule has 0 aliphatic rings. The number of aryl methyl sites for hydroxylation is 2. The standard InChI is InChI=1S/C16H22ClN3/c1-4-8-18-10-12-6-7-13(15(17)9-12)14-11-20(3)19-16(14)5-2/h6-7,9,11,18H,4-5,8,10H2,1-3H3. The van der Waals surface area contributed by atoms with Gasteiger partial charge in [-0.1, -0.05) is 37.6 Å². The van der Waals surface area contributed by atoms with Gasteiger partial charge in [-0.05, 0) is 31.0 Å². The monoisotopic (exact) mass is 291 g/mol. The van der Waals surface area contributed by atoms with E-state index in [9.17, 15) is 0 Å². The van der Waals surface area contributed by atoms with Crippen LogP contribution in [0.1, 0.15) is 31.5 Å². The van der Waals surface area contributed by atoms with E-state index < -0.39 is 0 Å². The first kappa shape index (κ1) is 15.1. The maximum atomic E-state index is 6.45. The fourth-order valence-electron chi connectivity index (χ4n) is 2.32. The van der Waals surface area contributed by atoms with Crippen molar-refractivity contribution in [3.05, 3.63) is 40.7 Å². The van der Waals surface area contributed by atoms with Crippen molar-refractivity contribution in [2.24, 2.45) is 7.05 Å². The lowest BCUT2D eigenvalue weighted by molar-refractivity contribution is 0.675. The van der Waals surface area contributed by atoms with Crippen molar-refractivity contribution in [3.63, 3.8) is 0 Å². The van der Waals surface area contributed by atoms with E-state index in [0.29, 0.717) is 0 Å². The van der Waals surface area contributed by atoms with Crippen LogP contribution in [0.2, 0.25) is 5.02 Å². The lowest BCUT2D eigenvalue weighted by Gasteiger charge is -2.08. The Morgan fingerprint density at radius 3 is 2.70 bits per heavy atom. The van der Waals surface area contributed by atoms with Crippen molar-refractivity contribution < 1.29 is 0 Å². The molecule has 0 radical (unpaired) electrons. The number of halogens is 1. The number of hydrogen-bond acceptors (Lipinski definition) is 2. The van der Waals surface area contributed by atoms with Gasteiger partial charge in [-0.2, -0.15) is 5.10 Å². The largest absolute Gasteiger partial charge is 0.313 e. The van der Waals surface area contributed by atoms with E-state index in [1.54, 1.807) is 0 Å². The molecule has 20 heavy (non-hydrogen) atoms. The zero-order valence-corrected chi connectivity index (χ0v) is 13.2. The van der Waals surface area contributed by atoms with Gasteiger partial charge < -0.3 is 5.32 Å².